The van der Waals surface area contributed by atoms with E-state index in [-0.39, 0.29) is 5.82 Å². The van der Waals surface area contributed by atoms with Gasteiger partial charge in [-0.1, -0.05) is 48.5 Å². The van der Waals surface area contributed by atoms with Crippen molar-refractivity contribution in [1.82, 2.24) is 30.0 Å². The van der Waals surface area contributed by atoms with E-state index < -0.39 is 0 Å². The van der Waals surface area contributed by atoms with Gasteiger partial charge in [-0.05, 0) is 46.8 Å². The molecule has 0 aliphatic rings. The maximum Gasteiger partial charge on any atom is 0.190 e. The van der Waals surface area contributed by atoms with Crippen molar-refractivity contribution >= 4 is 0 Å². The van der Waals surface area contributed by atoms with Gasteiger partial charge in [-0.25, -0.2) is 9.07 Å². The van der Waals surface area contributed by atoms with Crippen molar-refractivity contribution < 1.29 is 4.39 Å². The summed E-state index contributed by atoms with van der Waals surface area (Å²) in [5.41, 5.74) is 4.22. The fourth-order valence-corrected chi connectivity index (χ4v) is 3.26. The van der Waals surface area contributed by atoms with Gasteiger partial charge in [-0.2, -0.15) is 9.78 Å². The van der Waals surface area contributed by atoms with Crippen LogP contribution in [0.2, 0.25) is 0 Å². The van der Waals surface area contributed by atoms with Gasteiger partial charge in [0.15, 0.2) is 5.82 Å². The Morgan fingerprint density at radius 2 is 1.34 bits per heavy atom. The molecule has 2 heterocycles. The lowest BCUT2D eigenvalue weighted by Gasteiger charge is -2.10. The van der Waals surface area contributed by atoms with Crippen LogP contribution in [0.3, 0.4) is 0 Å². The maximum absolute atomic E-state index is 13.4. The Balaban J connectivity index is 1.73. The molecule has 0 bridgehead atoms. The van der Waals surface area contributed by atoms with E-state index in [1.165, 1.54) is 12.1 Å². The van der Waals surface area contributed by atoms with Crippen molar-refractivity contribution in [3.05, 3.63) is 96.9 Å². The zero-order valence-electron chi connectivity index (χ0n) is 15.2. The number of para-hydroxylation sites is 1. The van der Waals surface area contributed by atoms with Crippen LogP contribution < -0.4 is 0 Å². The van der Waals surface area contributed by atoms with E-state index in [1.807, 2.05) is 65.3 Å². The summed E-state index contributed by atoms with van der Waals surface area (Å²) in [6.07, 6.45) is 1.75. The SMILES string of the molecule is Fc1ccc(-n2nnnc2-c2cnn(-c3ccccc3)c2-c2ccccc2)cc1. The van der Waals surface area contributed by atoms with Crippen molar-refractivity contribution in [2.24, 2.45) is 0 Å². The summed E-state index contributed by atoms with van der Waals surface area (Å²) in [4.78, 5) is 0. The third-order valence-electron chi connectivity index (χ3n) is 4.60. The third-order valence-corrected chi connectivity index (χ3v) is 4.60. The molecule has 0 unspecified atom stereocenters. The zero-order valence-corrected chi connectivity index (χ0v) is 15.2. The number of hydrogen-bond acceptors (Lipinski definition) is 4. The van der Waals surface area contributed by atoms with Crippen LogP contribution in [0.15, 0.2) is 91.1 Å². The molecular formula is C22H15FN6. The molecule has 0 N–H and O–H groups in total. The van der Waals surface area contributed by atoms with Crippen LogP contribution in [0.5, 0.6) is 0 Å². The first kappa shape index (κ1) is 17.0. The molecule has 7 heteroatoms. The Morgan fingerprint density at radius 1 is 0.690 bits per heavy atom. The lowest BCUT2D eigenvalue weighted by atomic mass is 10.1. The first-order valence-corrected chi connectivity index (χ1v) is 9.05. The number of nitrogens with zero attached hydrogens (tertiary/aromatic N) is 6. The van der Waals surface area contributed by atoms with Crippen LogP contribution in [0.1, 0.15) is 0 Å². The van der Waals surface area contributed by atoms with Gasteiger partial charge in [-0.3, -0.25) is 0 Å². The molecule has 0 fully saturated rings. The minimum atomic E-state index is -0.315. The molecule has 0 aliphatic heterocycles. The van der Waals surface area contributed by atoms with E-state index in [0.717, 1.165) is 22.5 Å². The normalized spacial score (nSPS) is 10.9. The van der Waals surface area contributed by atoms with E-state index in [4.69, 9.17) is 0 Å². The highest BCUT2D eigenvalue weighted by Gasteiger charge is 2.21. The Hall–Kier alpha value is -4.13. The molecule has 29 heavy (non-hydrogen) atoms. The summed E-state index contributed by atoms with van der Waals surface area (Å²) in [5.74, 6) is 0.211. The Bertz CT molecular complexity index is 1240. The van der Waals surface area contributed by atoms with Gasteiger partial charge in [0.25, 0.3) is 0 Å². The average Bonchev–Trinajstić information content (AvgIpc) is 3.42. The van der Waals surface area contributed by atoms with E-state index >= 15 is 0 Å². The molecule has 0 spiro atoms. The van der Waals surface area contributed by atoms with Gasteiger partial charge < -0.3 is 0 Å². The Morgan fingerprint density at radius 3 is 2.07 bits per heavy atom. The zero-order chi connectivity index (χ0) is 19.6. The second-order valence-corrected chi connectivity index (χ2v) is 6.41. The van der Waals surface area contributed by atoms with E-state index in [0.29, 0.717) is 11.5 Å². The molecule has 6 nitrogen and oxygen atoms in total. The van der Waals surface area contributed by atoms with Crippen molar-refractivity contribution in [2.45, 2.75) is 0 Å². The molecule has 3 aromatic carbocycles. The number of hydrogen-bond donors (Lipinski definition) is 0. The van der Waals surface area contributed by atoms with Crippen molar-refractivity contribution in [1.29, 1.82) is 0 Å². The van der Waals surface area contributed by atoms with Gasteiger partial charge in [0.1, 0.15) is 5.82 Å². The van der Waals surface area contributed by atoms with Gasteiger partial charge in [0.2, 0.25) is 0 Å². The van der Waals surface area contributed by atoms with Crippen LogP contribution in [0.25, 0.3) is 34.0 Å². The van der Waals surface area contributed by atoms with Crippen molar-refractivity contribution in [3.8, 4) is 34.0 Å². The summed E-state index contributed by atoms with van der Waals surface area (Å²) in [7, 11) is 0. The predicted molar refractivity (Wildman–Crippen MR) is 107 cm³/mol. The predicted octanol–water partition coefficient (Wildman–Crippen LogP) is 4.32. The lowest BCUT2D eigenvalue weighted by molar-refractivity contribution is 0.627. The van der Waals surface area contributed by atoms with E-state index in [1.54, 1.807) is 23.0 Å². The number of rotatable bonds is 4. The second-order valence-electron chi connectivity index (χ2n) is 6.41. The summed E-state index contributed by atoms with van der Waals surface area (Å²) in [6, 6.07) is 25.9. The molecule has 5 aromatic rings. The Labute approximate surface area is 165 Å². The van der Waals surface area contributed by atoms with Crippen LogP contribution in [0.4, 0.5) is 4.39 Å². The first-order valence-electron chi connectivity index (χ1n) is 9.05. The quantitative estimate of drug-likeness (QED) is 0.464. The number of benzene rings is 3. The molecule has 0 saturated heterocycles. The third kappa shape index (κ3) is 3.08. The van der Waals surface area contributed by atoms with Crippen LogP contribution >= 0.6 is 0 Å². The average molecular weight is 382 g/mol. The molecule has 5 rings (SSSR count). The molecule has 0 atom stereocenters. The molecule has 0 aliphatic carbocycles. The monoisotopic (exact) mass is 382 g/mol. The summed E-state index contributed by atoms with van der Waals surface area (Å²) >= 11 is 0. The molecule has 2 aromatic heterocycles. The van der Waals surface area contributed by atoms with Crippen molar-refractivity contribution in [2.75, 3.05) is 0 Å². The molecule has 0 saturated carbocycles. The van der Waals surface area contributed by atoms with Crippen molar-refractivity contribution in [3.63, 3.8) is 0 Å². The standard InChI is InChI=1S/C22H15FN6/c23-17-11-13-19(14-12-17)29-22(25-26-27-29)20-15-24-28(18-9-5-2-6-10-18)21(20)16-7-3-1-4-8-16/h1-15H. The highest BCUT2D eigenvalue weighted by Crippen LogP contribution is 2.33. The highest BCUT2D eigenvalue weighted by atomic mass is 19.1. The van der Waals surface area contributed by atoms with Gasteiger partial charge in [0.05, 0.1) is 28.8 Å². The van der Waals surface area contributed by atoms with E-state index in [9.17, 15) is 4.39 Å². The fraction of sp³-hybridized carbons (Fsp3) is 0. The van der Waals surface area contributed by atoms with Crippen LogP contribution in [-0.4, -0.2) is 30.0 Å². The van der Waals surface area contributed by atoms with Crippen LogP contribution in [0, 0.1) is 5.82 Å². The summed E-state index contributed by atoms with van der Waals surface area (Å²) in [6.45, 7) is 0. The maximum atomic E-state index is 13.4. The first-order chi connectivity index (χ1) is 14.3. The minimum Gasteiger partial charge on any atom is -0.232 e. The highest BCUT2D eigenvalue weighted by molar-refractivity contribution is 5.79. The topological polar surface area (TPSA) is 61.4 Å². The molecule has 140 valence electrons. The smallest absolute Gasteiger partial charge is 0.190 e. The van der Waals surface area contributed by atoms with Crippen LogP contribution in [-0.2, 0) is 0 Å². The summed E-state index contributed by atoms with van der Waals surface area (Å²) < 4.78 is 16.8. The molecular weight excluding hydrogens is 367 g/mol. The number of tetrazole rings is 1. The Kier molecular flexibility index (Phi) is 4.18. The van der Waals surface area contributed by atoms with Gasteiger partial charge in [-0.15, -0.1) is 5.10 Å². The van der Waals surface area contributed by atoms with Gasteiger partial charge >= 0.3 is 0 Å². The second kappa shape index (κ2) is 7.12. The van der Waals surface area contributed by atoms with Gasteiger partial charge in [0, 0.05) is 5.56 Å². The lowest BCUT2D eigenvalue weighted by Crippen LogP contribution is -2.02. The number of aromatic nitrogens is 6. The molecule has 0 amide bonds. The largest absolute Gasteiger partial charge is 0.232 e. The summed E-state index contributed by atoms with van der Waals surface area (Å²) in [5, 5.41) is 16.8. The minimum absolute atomic E-state index is 0.315. The number of halogens is 1. The van der Waals surface area contributed by atoms with E-state index in [2.05, 4.69) is 20.6 Å². The fourth-order valence-electron chi connectivity index (χ4n) is 3.26. The molecule has 0 radical (unpaired) electrons.